The third kappa shape index (κ3) is 3.28. The highest BCUT2D eigenvalue weighted by Crippen LogP contribution is 2.15. The van der Waals surface area contributed by atoms with Crippen molar-refractivity contribution >= 4 is 17.3 Å². The summed E-state index contributed by atoms with van der Waals surface area (Å²) in [5, 5.41) is 2.66. The molecular formula is C14H14FN3O. The van der Waals surface area contributed by atoms with Gasteiger partial charge in [0.25, 0.3) is 5.91 Å². The third-order valence-electron chi connectivity index (χ3n) is 2.61. The normalized spacial score (nSPS) is 10.1. The van der Waals surface area contributed by atoms with Crippen LogP contribution in [0.2, 0.25) is 0 Å². The van der Waals surface area contributed by atoms with Crippen molar-refractivity contribution in [2.75, 3.05) is 24.3 Å². The zero-order chi connectivity index (χ0) is 13.8. The number of carbonyl (C=O) groups excluding carboxylic acids is 1. The van der Waals surface area contributed by atoms with E-state index < -0.39 is 5.95 Å². The van der Waals surface area contributed by atoms with Gasteiger partial charge in [-0.2, -0.15) is 4.39 Å². The molecule has 0 spiro atoms. The topological polar surface area (TPSA) is 45.2 Å². The van der Waals surface area contributed by atoms with Crippen molar-refractivity contribution in [3.8, 4) is 0 Å². The van der Waals surface area contributed by atoms with Crippen LogP contribution in [0, 0.1) is 5.95 Å². The van der Waals surface area contributed by atoms with Crippen LogP contribution in [0.3, 0.4) is 0 Å². The molecule has 0 aliphatic rings. The molecule has 0 fully saturated rings. The van der Waals surface area contributed by atoms with E-state index in [9.17, 15) is 9.18 Å². The van der Waals surface area contributed by atoms with Gasteiger partial charge in [-0.05, 0) is 30.3 Å². The van der Waals surface area contributed by atoms with Crippen LogP contribution in [0.15, 0.2) is 42.6 Å². The maximum atomic E-state index is 12.7. The number of aromatic nitrogens is 1. The van der Waals surface area contributed by atoms with Gasteiger partial charge in [-0.3, -0.25) is 4.79 Å². The first kappa shape index (κ1) is 13.0. The van der Waals surface area contributed by atoms with Crippen molar-refractivity contribution in [3.05, 3.63) is 54.1 Å². The first-order valence-electron chi connectivity index (χ1n) is 5.76. The van der Waals surface area contributed by atoms with Crippen molar-refractivity contribution in [1.29, 1.82) is 0 Å². The lowest BCUT2D eigenvalue weighted by Crippen LogP contribution is -2.14. The van der Waals surface area contributed by atoms with Crippen LogP contribution in [-0.2, 0) is 0 Å². The quantitative estimate of drug-likeness (QED) is 0.861. The van der Waals surface area contributed by atoms with Crippen LogP contribution in [-0.4, -0.2) is 25.0 Å². The Hall–Kier alpha value is -2.43. The molecule has 0 aliphatic carbocycles. The van der Waals surface area contributed by atoms with Crippen LogP contribution < -0.4 is 10.2 Å². The summed E-state index contributed by atoms with van der Waals surface area (Å²) in [6.45, 7) is 0. The molecule has 1 aromatic carbocycles. The summed E-state index contributed by atoms with van der Waals surface area (Å²) in [6.07, 6.45) is 1.28. The van der Waals surface area contributed by atoms with Gasteiger partial charge < -0.3 is 10.2 Å². The number of anilines is 2. The molecule has 4 nitrogen and oxygen atoms in total. The summed E-state index contributed by atoms with van der Waals surface area (Å²) in [6, 6.07) is 9.90. The van der Waals surface area contributed by atoms with E-state index in [-0.39, 0.29) is 5.91 Å². The largest absolute Gasteiger partial charge is 0.378 e. The molecule has 0 aliphatic heterocycles. The van der Waals surface area contributed by atoms with E-state index in [2.05, 4.69) is 10.3 Å². The summed E-state index contributed by atoms with van der Waals surface area (Å²) in [7, 11) is 3.81. The summed E-state index contributed by atoms with van der Waals surface area (Å²) in [4.78, 5) is 17.4. The molecule has 1 amide bonds. The number of amides is 1. The van der Waals surface area contributed by atoms with Gasteiger partial charge in [-0.15, -0.1) is 0 Å². The van der Waals surface area contributed by atoms with E-state index in [1.54, 1.807) is 12.1 Å². The monoisotopic (exact) mass is 259 g/mol. The van der Waals surface area contributed by atoms with Crippen LogP contribution in [0.1, 0.15) is 10.4 Å². The molecule has 0 saturated carbocycles. The Bertz CT molecular complexity index is 581. The van der Waals surface area contributed by atoms with E-state index in [0.717, 1.165) is 5.69 Å². The van der Waals surface area contributed by atoms with E-state index in [0.29, 0.717) is 11.3 Å². The highest BCUT2D eigenvalue weighted by Gasteiger charge is 2.07. The van der Waals surface area contributed by atoms with Crippen molar-refractivity contribution in [3.63, 3.8) is 0 Å². The van der Waals surface area contributed by atoms with Gasteiger partial charge in [0.1, 0.15) is 0 Å². The summed E-state index contributed by atoms with van der Waals surface area (Å²) in [5.41, 5.74) is 1.93. The number of benzene rings is 1. The van der Waals surface area contributed by atoms with Crippen molar-refractivity contribution in [2.45, 2.75) is 0 Å². The Kier molecular flexibility index (Phi) is 3.75. The van der Waals surface area contributed by atoms with E-state index in [1.165, 1.54) is 18.3 Å². The number of halogens is 1. The second kappa shape index (κ2) is 5.48. The second-order valence-electron chi connectivity index (χ2n) is 4.27. The smallest absolute Gasteiger partial charge is 0.255 e. The number of nitrogens with one attached hydrogen (secondary N) is 1. The Labute approximate surface area is 110 Å². The molecule has 98 valence electrons. The average Bonchev–Trinajstić information content (AvgIpc) is 2.41. The standard InChI is InChI=1S/C14H14FN3O/c1-18(2)12-5-3-4-10(8-12)14(19)17-11-6-7-13(15)16-9-11/h3-9H,1-2H3,(H,17,19). The molecule has 0 bridgehead atoms. The van der Waals surface area contributed by atoms with E-state index in [1.807, 2.05) is 31.1 Å². The zero-order valence-electron chi connectivity index (χ0n) is 10.7. The predicted molar refractivity (Wildman–Crippen MR) is 72.9 cm³/mol. The fraction of sp³-hybridized carbons (Fsp3) is 0.143. The van der Waals surface area contributed by atoms with Gasteiger partial charge in [0.2, 0.25) is 5.95 Å². The second-order valence-corrected chi connectivity index (χ2v) is 4.27. The Morgan fingerprint density at radius 3 is 2.68 bits per heavy atom. The van der Waals surface area contributed by atoms with Gasteiger partial charge in [0.05, 0.1) is 11.9 Å². The summed E-state index contributed by atoms with van der Waals surface area (Å²) >= 11 is 0. The lowest BCUT2D eigenvalue weighted by atomic mass is 10.2. The predicted octanol–water partition coefficient (Wildman–Crippen LogP) is 2.54. The number of hydrogen-bond acceptors (Lipinski definition) is 3. The molecule has 0 atom stereocenters. The van der Waals surface area contributed by atoms with Gasteiger partial charge in [0.15, 0.2) is 0 Å². The van der Waals surface area contributed by atoms with E-state index in [4.69, 9.17) is 0 Å². The van der Waals surface area contributed by atoms with E-state index >= 15 is 0 Å². The lowest BCUT2D eigenvalue weighted by molar-refractivity contribution is 0.102. The number of nitrogens with zero attached hydrogens (tertiary/aromatic N) is 2. The van der Waals surface area contributed by atoms with Gasteiger partial charge in [-0.1, -0.05) is 6.07 Å². The molecule has 0 radical (unpaired) electrons. The number of hydrogen-bond donors (Lipinski definition) is 1. The van der Waals surface area contributed by atoms with Gasteiger partial charge >= 0.3 is 0 Å². The summed E-state index contributed by atoms with van der Waals surface area (Å²) in [5.74, 6) is -0.829. The molecule has 5 heteroatoms. The zero-order valence-corrected chi connectivity index (χ0v) is 10.7. The number of carbonyl (C=O) groups is 1. The number of pyridine rings is 1. The summed E-state index contributed by atoms with van der Waals surface area (Å²) < 4.78 is 12.7. The van der Waals surface area contributed by atoms with Crippen LogP contribution in [0.5, 0.6) is 0 Å². The SMILES string of the molecule is CN(C)c1cccc(C(=O)Nc2ccc(F)nc2)c1. The molecule has 1 aromatic heterocycles. The number of rotatable bonds is 3. The first-order chi connectivity index (χ1) is 9.06. The van der Waals surface area contributed by atoms with Crippen LogP contribution in [0.4, 0.5) is 15.8 Å². The molecule has 1 N–H and O–H groups in total. The Morgan fingerprint density at radius 2 is 2.05 bits per heavy atom. The molecule has 2 aromatic rings. The molecule has 19 heavy (non-hydrogen) atoms. The first-order valence-corrected chi connectivity index (χ1v) is 5.76. The molecular weight excluding hydrogens is 245 g/mol. The maximum Gasteiger partial charge on any atom is 0.255 e. The highest BCUT2D eigenvalue weighted by molar-refractivity contribution is 6.04. The molecule has 0 saturated heterocycles. The molecule has 2 rings (SSSR count). The fourth-order valence-electron chi connectivity index (χ4n) is 1.58. The van der Waals surface area contributed by atoms with Gasteiger partial charge in [-0.25, -0.2) is 4.98 Å². The minimum Gasteiger partial charge on any atom is -0.378 e. The highest BCUT2D eigenvalue weighted by atomic mass is 19.1. The van der Waals surface area contributed by atoms with Crippen molar-refractivity contribution in [1.82, 2.24) is 4.98 Å². The van der Waals surface area contributed by atoms with Crippen molar-refractivity contribution in [2.24, 2.45) is 0 Å². The van der Waals surface area contributed by atoms with Crippen molar-refractivity contribution < 1.29 is 9.18 Å². The minimum atomic E-state index is -0.576. The Balaban J connectivity index is 2.15. The lowest BCUT2D eigenvalue weighted by Gasteiger charge is -2.13. The third-order valence-corrected chi connectivity index (χ3v) is 2.61. The van der Waals surface area contributed by atoms with Gasteiger partial charge in [0, 0.05) is 25.3 Å². The van der Waals surface area contributed by atoms with Crippen LogP contribution >= 0.6 is 0 Å². The molecule has 1 heterocycles. The minimum absolute atomic E-state index is 0.253. The fourth-order valence-corrected chi connectivity index (χ4v) is 1.58. The van der Waals surface area contributed by atoms with Crippen LogP contribution in [0.25, 0.3) is 0 Å². The molecule has 0 unspecified atom stereocenters. The maximum absolute atomic E-state index is 12.7. The Morgan fingerprint density at radius 1 is 1.26 bits per heavy atom. The average molecular weight is 259 g/mol.